The van der Waals surface area contributed by atoms with Crippen molar-refractivity contribution >= 4 is 14.1 Å². The molecule has 0 rings (SSSR count). The first-order valence-electron chi connectivity index (χ1n) is 3.96. The van der Waals surface area contributed by atoms with Gasteiger partial charge in [-0.3, -0.25) is 4.52 Å². The highest BCUT2D eigenvalue weighted by molar-refractivity contribution is 7.46. The van der Waals surface area contributed by atoms with Crippen molar-refractivity contribution in [2.45, 2.75) is 24.7 Å². The first kappa shape index (κ1) is 14.7. The molecule has 15 heavy (non-hydrogen) atoms. The Morgan fingerprint density at radius 2 is 1.73 bits per heavy atom. The van der Waals surface area contributed by atoms with Gasteiger partial charge in [0.25, 0.3) is 0 Å². The van der Waals surface area contributed by atoms with Crippen LogP contribution < -0.4 is 0 Å². The Bertz CT molecular complexity index is 237. The van der Waals surface area contributed by atoms with Crippen molar-refractivity contribution in [3.05, 3.63) is 0 Å². The van der Waals surface area contributed by atoms with Crippen molar-refractivity contribution in [1.29, 1.82) is 0 Å². The van der Waals surface area contributed by atoms with Crippen LogP contribution in [0.15, 0.2) is 0 Å². The normalized spacial score (nSPS) is 18.2. The summed E-state index contributed by atoms with van der Waals surface area (Å²) in [6, 6.07) is 0. The Morgan fingerprint density at radius 3 is 2.13 bits per heavy atom. The van der Waals surface area contributed by atoms with Crippen LogP contribution in [-0.4, -0.2) is 56.3 Å². The summed E-state index contributed by atoms with van der Waals surface area (Å²) in [7, 11) is -4.70. The predicted molar refractivity (Wildman–Crippen MR) is 46.7 cm³/mol. The van der Waals surface area contributed by atoms with E-state index >= 15 is 0 Å². The van der Waals surface area contributed by atoms with Crippen molar-refractivity contribution in [3.63, 3.8) is 0 Å². The van der Waals surface area contributed by atoms with Gasteiger partial charge in [0, 0.05) is 6.42 Å². The van der Waals surface area contributed by atoms with Crippen LogP contribution in [0.2, 0.25) is 0 Å². The third-order valence-electron chi connectivity index (χ3n) is 1.50. The molecule has 0 saturated carbocycles. The molecule has 90 valence electrons. The van der Waals surface area contributed by atoms with Crippen LogP contribution in [0.3, 0.4) is 0 Å². The molecule has 0 spiro atoms. The van der Waals surface area contributed by atoms with Crippen molar-refractivity contribution in [1.82, 2.24) is 0 Å². The maximum Gasteiger partial charge on any atom is 0.469 e. The summed E-state index contributed by atoms with van der Waals surface area (Å²) in [5, 5.41) is 27.0. The minimum Gasteiger partial charge on any atom is -0.390 e. The summed E-state index contributed by atoms with van der Waals surface area (Å²) < 4.78 is 14.1. The lowest BCUT2D eigenvalue weighted by molar-refractivity contribution is -0.117. The van der Waals surface area contributed by atoms with Gasteiger partial charge in [-0.25, -0.2) is 4.57 Å². The number of aliphatic hydroxyl groups excluding tert-OH is 3. The topological polar surface area (TPSA) is 145 Å². The predicted octanol–water partition coefficient (Wildman–Crippen LogP) is -2.23. The van der Waals surface area contributed by atoms with Gasteiger partial charge in [0.05, 0.1) is 12.7 Å². The average molecular weight is 244 g/mol. The van der Waals surface area contributed by atoms with Gasteiger partial charge in [-0.15, -0.1) is 0 Å². The molecule has 0 aliphatic heterocycles. The number of phosphoric acid groups is 1. The van der Waals surface area contributed by atoms with E-state index in [1.807, 2.05) is 0 Å². The Balaban J connectivity index is 3.94. The van der Waals surface area contributed by atoms with Crippen LogP contribution in [0.5, 0.6) is 0 Å². The monoisotopic (exact) mass is 244 g/mol. The third kappa shape index (κ3) is 7.57. The third-order valence-corrected chi connectivity index (χ3v) is 1.98. The number of carbonyl (C=O) groups is 1. The molecule has 9 heteroatoms. The van der Waals surface area contributed by atoms with Gasteiger partial charge in [-0.2, -0.15) is 0 Å². The number of aldehydes is 1. The van der Waals surface area contributed by atoms with Gasteiger partial charge in [-0.1, -0.05) is 0 Å². The fourth-order valence-electron chi connectivity index (χ4n) is 0.745. The van der Waals surface area contributed by atoms with Gasteiger partial charge in [0.15, 0.2) is 0 Å². The summed E-state index contributed by atoms with van der Waals surface area (Å²) in [5.41, 5.74) is 0. The molecule has 0 saturated heterocycles. The van der Waals surface area contributed by atoms with Crippen molar-refractivity contribution in [2.75, 3.05) is 6.61 Å². The van der Waals surface area contributed by atoms with Gasteiger partial charge >= 0.3 is 7.82 Å². The fraction of sp³-hybridized carbons (Fsp3) is 0.833. The highest BCUT2D eigenvalue weighted by Crippen LogP contribution is 2.35. The van der Waals surface area contributed by atoms with Crippen LogP contribution in [0.25, 0.3) is 0 Å². The Hall–Kier alpha value is -0.340. The van der Waals surface area contributed by atoms with E-state index in [2.05, 4.69) is 4.52 Å². The molecule has 0 fully saturated rings. The molecule has 0 amide bonds. The van der Waals surface area contributed by atoms with Crippen molar-refractivity contribution < 1.29 is 39.0 Å². The fourth-order valence-corrected chi connectivity index (χ4v) is 1.09. The summed E-state index contributed by atoms with van der Waals surface area (Å²) >= 11 is 0. The van der Waals surface area contributed by atoms with E-state index in [0.717, 1.165) is 0 Å². The van der Waals surface area contributed by atoms with Crippen LogP contribution in [0.1, 0.15) is 6.42 Å². The molecular formula is C6H13O8P. The van der Waals surface area contributed by atoms with E-state index in [-0.39, 0.29) is 6.29 Å². The smallest absolute Gasteiger partial charge is 0.390 e. The summed E-state index contributed by atoms with van der Waals surface area (Å²) in [4.78, 5) is 26.5. The van der Waals surface area contributed by atoms with E-state index in [1.54, 1.807) is 0 Å². The van der Waals surface area contributed by atoms with Gasteiger partial charge in [-0.05, 0) is 0 Å². The lowest BCUT2D eigenvalue weighted by Crippen LogP contribution is -2.33. The van der Waals surface area contributed by atoms with Crippen molar-refractivity contribution in [2.24, 2.45) is 0 Å². The molecule has 0 bridgehead atoms. The zero-order chi connectivity index (χ0) is 12.1. The van der Waals surface area contributed by atoms with Crippen LogP contribution >= 0.6 is 7.82 Å². The van der Waals surface area contributed by atoms with Gasteiger partial charge < -0.3 is 29.9 Å². The maximum atomic E-state index is 10.2. The van der Waals surface area contributed by atoms with Crippen LogP contribution in [0.4, 0.5) is 0 Å². The molecular weight excluding hydrogens is 231 g/mol. The molecule has 0 aliphatic carbocycles. The molecule has 0 radical (unpaired) electrons. The molecule has 0 aliphatic rings. The van der Waals surface area contributed by atoms with E-state index in [4.69, 9.17) is 25.1 Å². The second-order valence-corrected chi connectivity index (χ2v) is 4.10. The number of hydrogen-bond donors (Lipinski definition) is 5. The summed E-state index contributed by atoms with van der Waals surface area (Å²) in [5.74, 6) is 0. The van der Waals surface area contributed by atoms with E-state index in [0.29, 0.717) is 0 Å². The molecule has 8 nitrogen and oxygen atoms in total. The first-order chi connectivity index (χ1) is 6.76. The second-order valence-electron chi connectivity index (χ2n) is 2.86. The SMILES string of the molecule is O=C[C@H](O)C[C@H](O)[C@H](O)COP(=O)(O)O. The average Bonchev–Trinajstić information content (AvgIpc) is 2.12. The number of aliphatic hydroxyl groups is 3. The highest BCUT2D eigenvalue weighted by atomic mass is 31.2. The molecule has 0 aromatic heterocycles. The van der Waals surface area contributed by atoms with Crippen molar-refractivity contribution in [3.8, 4) is 0 Å². The molecule has 0 heterocycles. The maximum absolute atomic E-state index is 10.2. The Kier molecular flexibility index (Phi) is 6.15. The molecule has 0 aromatic carbocycles. The standard InChI is InChI=1S/C6H13O8P/c7-2-4(8)1-5(9)6(10)3-14-15(11,12)13/h2,4-6,8-10H,1,3H2,(H2,11,12,13)/t4-,5+,6-/m1/s1. The summed E-state index contributed by atoms with van der Waals surface area (Å²) in [6.07, 6.45) is -4.80. The number of phosphoric ester groups is 1. The number of carbonyl (C=O) groups excluding carboxylic acids is 1. The second kappa shape index (κ2) is 6.29. The largest absolute Gasteiger partial charge is 0.469 e. The Labute approximate surface area is 85.4 Å². The van der Waals surface area contributed by atoms with Crippen LogP contribution in [-0.2, 0) is 13.9 Å². The van der Waals surface area contributed by atoms with Gasteiger partial charge in [0.2, 0.25) is 0 Å². The van der Waals surface area contributed by atoms with E-state index < -0.39 is 39.2 Å². The number of rotatable bonds is 7. The molecule has 0 aromatic rings. The van der Waals surface area contributed by atoms with Crippen LogP contribution in [0, 0.1) is 0 Å². The van der Waals surface area contributed by atoms with E-state index in [9.17, 15) is 9.36 Å². The lowest BCUT2D eigenvalue weighted by atomic mass is 10.1. The molecule has 3 atom stereocenters. The summed E-state index contributed by atoms with van der Waals surface area (Å²) in [6.45, 7) is -0.795. The Morgan fingerprint density at radius 1 is 1.20 bits per heavy atom. The highest BCUT2D eigenvalue weighted by Gasteiger charge is 2.23. The minimum atomic E-state index is -4.70. The van der Waals surface area contributed by atoms with Gasteiger partial charge in [0.1, 0.15) is 18.5 Å². The zero-order valence-electron chi connectivity index (χ0n) is 7.63. The van der Waals surface area contributed by atoms with E-state index in [1.165, 1.54) is 0 Å². The molecule has 5 N–H and O–H groups in total. The minimum absolute atomic E-state index is 0.166. The first-order valence-corrected chi connectivity index (χ1v) is 5.49. The quantitative estimate of drug-likeness (QED) is 0.250. The lowest BCUT2D eigenvalue weighted by Gasteiger charge is -2.18. The number of hydrogen-bond acceptors (Lipinski definition) is 6. The molecule has 0 unspecified atom stereocenters. The zero-order valence-corrected chi connectivity index (χ0v) is 8.53.